The molecule has 3 N–H and O–H groups in total. The second-order valence-electron chi connectivity index (χ2n) is 4.50. The van der Waals surface area contributed by atoms with Crippen molar-refractivity contribution in [2.75, 3.05) is 38.1 Å². The Morgan fingerprint density at radius 1 is 1.60 bits per heavy atom. The Morgan fingerprint density at radius 3 is 3.10 bits per heavy atom. The Bertz CT molecular complexity index is 487. The maximum atomic E-state index is 12.0. The molecule has 1 saturated heterocycles. The molecule has 0 radical (unpaired) electrons. The van der Waals surface area contributed by atoms with Crippen molar-refractivity contribution in [3.63, 3.8) is 0 Å². The fourth-order valence-corrected chi connectivity index (χ4v) is 2.38. The molecule has 0 aliphatic carbocycles. The summed E-state index contributed by atoms with van der Waals surface area (Å²) in [7, 11) is 0. The van der Waals surface area contributed by atoms with Crippen LogP contribution in [0.15, 0.2) is 12.3 Å². The molecule has 0 saturated carbocycles. The Balaban J connectivity index is 1.88. The summed E-state index contributed by atoms with van der Waals surface area (Å²) in [5.41, 5.74) is 5.56. The molecule has 1 atom stereocenters. The van der Waals surface area contributed by atoms with E-state index in [2.05, 4.69) is 10.3 Å². The number of anilines is 1. The van der Waals surface area contributed by atoms with Gasteiger partial charge in [-0.2, -0.15) is 0 Å². The Kier molecular flexibility index (Phi) is 5.56. The SMILES string of the molecule is NCC1CN(CC(=O)Nc2ncc(Cl)cc2Cl)CCO1. The molecule has 0 spiro atoms. The van der Waals surface area contributed by atoms with E-state index in [1.165, 1.54) is 12.3 Å². The number of hydrogen-bond donors (Lipinski definition) is 2. The molecule has 1 aliphatic heterocycles. The maximum absolute atomic E-state index is 12.0. The number of nitrogens with two attached hydrogens (primary N) is 1. The summed E-state index contributed by atoms with van der Waals surface area (Å²) in [5, 5.41) is 3.40. The lowest BCUT2D eigenvalue weighted by Crippen LogP contribution is -2.48. The van der Waals surface area contributed by atoms with E-state index >= 15 is 0 Å². The van der Waals surface area contributed by atoms with Gasteiger partial charge in [0.25, 0.3) is 0 Å². The zero-order valence-corrected chi connectivity index (χ0v) is 12.3. The topological polar surface area (TPSA) is 80.5 Å². The van der Waals surface area contributed by atoms with Crippen LogP contribution in [0.1, 0.15) is 0 Å². The molecule has 1 amide bonds. The van der Waals surface area contributed by atoms with E-state index in [1.54, 1.807) is 0 Å². The van der Waals surface area contributed by atoms with Gasteiger partial charge in [-0.3, -0.25) is 9.69 Å². The minimum atomic E-state index is -0.181. The molecule has 0 aromatic carbocycles. The highest BCUT2D eigenvalue weighted by molar-refractivity contribution is 6.36. The molecule has 2 heterocycles. The fraction of sp³-hybridized carbons (Fsp3) is 0.500. The highest BCUT2D eigenvalue weighted by atomic mass is 35.5. The number of nitrogens with one attached hydrogen (secondary N) is 1. The van der Waals surface area contributed by atoms with E-state index in [0.29, 0.717) is 42.1 Å². The molecule has 1 unspecified atom stereocenters. The molecule has 0 bridgehead atoms. The van der Waals surface area contributed by atoms with Gasteiger partial charge in [-0.05, 0) is 6.07 Å². The van der Waals surface area contributed by atoms with Gasteiger partial charge in [-0.25, -0.2) is 4.98 Å². The number of amides is 1. The van der Waals surface area contributed by atoms with Gasteiger partial charge in [0, 0.05) is 25.8 Å². The third-order valence-corrected chi connectivity index (χ3v) is 3.41. The second kappa shape index (κ2) is 7.19. The first-order valence-corrected chi connectivity index (χ1v) is 6.99. The van der Waals surface area contributed by atoms with E-state index in [1.807, 2.05) is 4.90 Å². The molecular formula is C12H16Cl2N4O2. The standard InChI is InChI=1S/C12H16Cl2N4O2/c13-8-3-10(14)12(16-5-8)17-11(19)7-18-1-2-20-9(4-15)6-18/h3,5,9H,1-2,4,6-7,15H2,(H,16,17,19). The van der Waals surface area contributed by atoms with E-state index < -0.39 is 0 Å². The predicted molar refractivity (Wildman–Crippen MR) is 78.1 cm³/mol. The molecule has 1 aromatic rings. The summed E-state index contributed by atoms with van der Waals surface area (Å²) < 4.78 is 5.44. The van der Waals surface area contributed by atoms with Crippen molar-refractivity contribution in [2.45, 2.75) is 6.10 Å². The van der Waals surface area contributed by atoms with Crippen molar-refractivity contribution < 1.29 is 9.53 Å². The zero-order valence-electron chi connectivity index (χ0n) is 10.8. The third kappa shape index (κ3) is 4.29. The van der Waals surface area contributed by atoms with Crippen LogP contribution < -0.4 is 11.1 Å². The Hall–Kier alpha value is -0.920. The monoisotopic (exact) mass is 318 g/mol. The highest BCUT2D eigenvalue weighted by Crippen LogP contribution is 2.22. The lowest BCUT2D eigenvalue weighted by molar-refractivity contribution is -0.119. The molecule has 8 heteroatoms. The number of morpholine rings is 1. The quantitative estimate of drug-likeness (QED) is 0.865. The van der Waals surface area contributed by atoms with E-state index in [-0.39, 0.29) is 18.6 Å². The van der Waals surface area contributed by atoms with Gasteiger partial charge in [-0.15, -0.1) is 0 Å². The van der Waals surface area contributed by atoms with Crippen LogP contribution >= 0.6 is 23.2 Å². The average molecular weight is 319 g/mol. The van der Waals surface area contributed by atoms with Crippen LogP contribution in [0, 0.1) is 0 Å². The molecule has 6 nitrogen and oxygen atoms in total. The van der Waals surface area contributed by atoms with Crippen LogP contribution in [0.2, 0.25) is 10.0 Å². The van der Waals surface area contributed by atoms with Crippen molar-refractivity contribution in [3.8, 4) is 0 Å². The van der Waals surface area contributed by atoms with Crippen molar-refractivity contribution >= 4 is 34.9 Å². The lowest BCUT2D eigenvalue weighted by Gasteiger charge is -2.31. The summed E-state index contributed by atoms with van der Waals surface area (Å²) in [5.74, 6) is 0.129. The van der Waals surface area contributed by atoms with Crippen LogP contribution in [-0.4, -0.2) is 54.7 Å². The van der Waals surface area contributed by atoms with Crippen LogP contribution in [0.4, 0.5) is 5.82 Å². The van der Waals surface area contributed by atoms with Crippen LogP contribution in [-0.2, 0) is 9.53 Å². The number of hydrogen-bond acceptors (Lipinski definition) is 5. The molecule has 110 valence electrons. The number of ether oxygens (including phenoxy) is 1. The van der Waals surface area contributed by atoms with E-state index in [0.717, 1.165) is 0 Å². The summed E-state index contributed by atoms with van der Waals surface area (Å²) in [6.07, 6.45) is 1.41. The van der Waals surface area contributed by atoms with E-state index in [4.69, 9.17) is 33.7 Å². The first-order valence-electron chi connectivity index (χ1n) is 6.23. The van der Waals surface area contributed by atoms with Gasteiger partial charge in [0.1, 0.15) is 0 Å². The average Bonchev–Trinajstić information content (AvgIpc) is 2.42. The summed E-state index contributed by atoms with van der Waals surface area (Å²) in [6, 6.07) is 1.53. The lowest BCUT2D eigenvalue weighted by atomic mass is 10.2. The molecule has 2 rings (SSSR count). The smallest absolute Gasteiger partial charge is 0.239 e. The van der Waals surface area contributed by atoms with Gasteiger partial charge in [-0.1, -0.05) is 23.2 Å². The number of halogens is 2. The van der Waals surface area contributed by atoms with Gasteiger partial charge < -0.3 is 15.8 Å². The van der Waals surface area contributed by atoms with E-state index in [9.17, 15) is 4.79 Å². The first kappa shape index (κ1) is 15.5. The van der Waals surface area contributed by atoms with Crippen LogP contribution in [0.25, 0.3) is 0 Å². The number of nitrogens with zero attached hydrogens (tertiary/aromatic N) is 2. The van der Waals surface area contributed by atoms with Crippen molar-refractivity contribution in [1.29, 1.82) is 0 Å². The predicted octanol–water partition coefficient (Wildman–Crippen LogP) is 0.986. The minimum Gasteiger partial charge on any atom is -0.374 e. The zero-order chi connectivity index (χ0) is 14.5. The number of carbonyl (C=O) groups excluding carboxylic acids is 1. The molecule has 20 heavy (non-hydrogen) atoms. The Morgan fingerprint density at radius 2 is 2.40 bits per heavy atom. The van der Waals surface area contributed by atoms with Crippen molar-refractivity contribution in [1.82, 2.24) is 9.88 Å². The maximum Gasteiger partial charge on any atom is 0.239 e. The van der Waals surface area contributed by atoms with Gasteiger partial charge >= 0.3 is 0 Å². The number of pyridine rings is 1. The molecular weight excluding hydrogens is 303 g/mol. The first-order chi connectivity index (χ1) is 9.58. The largest absolute Gasteiger partial charge is 0.374 e. The minimum absolute atomic E-state index is 0.0196. The number of rotatable bonds is 4. The highest BCUT2D eigenvalue weighted by Gasteiger charge is 2.21. The van der Waals surface area contributed by atoms with Crippen molar-refractivity contribution in [3.05, 3.63) is 22.3 Å². The van der Waals surface area contributed by atoms with Gasteiger partial charge in [0.05, 0.1) is 29.3 Å². The van der Waals surface area contributed by atoms with Gasteiger partial charge in [0.2, 0.25) is 5.91 Å². The van der Waals surface area contributed by atoms with Crippen LogP contribution in [0.5, 0.6) is 0 Å². The second-order valence-corrected chi connectivity index (χ2v) is 5.34. The number of aromatic nitrogens is 1. The Labute approximate surface area is 127 Å². The fourth-order valence-electron chi connectivity index (χ4n) is 1.95. The third-order valence-electron chi connectivity index (χ3n) is 2.92. The molecule has 1 fully saturated rings. The van der Waals surface area contributed by atoms with Crippen LogP contribution in [0.3, 0.4) is 0 Å². The molecule has 1 aliphatic rings. The van der Waals surface area contributed by atoms with Crippen molar-refractivity contribution in [2.24, 2.45) is 5.73 Å². The van der Waals surface area contributed by atoms with Gasteiger partial charge in [0.15, 0.2) is 5.82 Å². The number of carbonyl (C=O) groups is 1. The normalized spacial score (nSPS) is 19.9. The summed E-state index contributed by atoms with van der Waals surface area (Å²) >= 11 is 11.7. The summed E-state index contributed by atoms with van der Waals surface area (Å²) in [4.78, 5) is 17.9. The molecule has 1 aromatic heterocycles. The summed E-state index contributed by atoms with van der Waals surface area (Å²) in [6.45, 7) is 2.62.